The minimum Gasteiger partial charge on any atom is -0.490 e. The molecule has 0 bridgehead atoms. The van der Waals surface area contributed by atoms with Crippen LogP contribution in [0.2, 0.25) is 0 Å². The highest BCUT2D eigenvalue weighted by Crippen LogP contribution is 2.46. The van der Waals surface area contributed by atoms with E-state index >= 15 is 4.39 Å². The summed E-state index contributed by atoms with van der Waals surface area (Å²) in [7, 11) is 1.94. The molecule has 7 rings (SSSR count). The molecule has 2 saturated heterocycles. The van der Waals surface area contributed by atoms with Gasteiger partial charge in [-0.3, -0.25) is 0 Å². The van der Waals surface area contributed by atoms with E-state index in [1.165, 1.54) is 50.0 Å². The zero-order valence-electron chi connectivity index (χ0n) is 29.4. The number of halogens is 1. The molecule has 3 aliphatic heterocycles. The Balaban J connectivity index is 1.33. The lowest BCUT2D eigenvalue weighted by molar-refractivity contribution is -0.160. The second kappa shape index (κ2) is 13.3. The van der Waals surface area contributed by atoms with Crippen LogP contribution < -0.4 is 9.64 Å². The number of aliphatic carboxylic acids is 1. The average molecular weight is 691 g/mol. The second-order valence-corrected chi connectivity index (χ2v) is 15.5. The van der Waals surface area contributed by atoms with Crippen LogP contribution in [0, 0.1) is 19.7 Å². The molecule has 4 aromatic rings. The number of fused-ring (bicyclic) bond motifs is 2. The van der Waals surface area contributed by atoms with Crippen molar-refractivity contribution >= 4 is 34.5 Å². The Hall–Kier alpha value is -3.61. The summed E-state index contributed by atoms with van der Waals surface area (Å²) in [5, 5.41) is 12.0. The maximum Gasteiger partial charge on any atom is 0.337 e. The fraction of sp³-hybridized carbons (Fsp3) is 0.568. The fourth-order valence-corrected chi connectivity index (χ4v) is 8.68. The van der Waals surface area contributed by atoms with Gasteiger partial charge in [-0.15, -0.1) is 0 Å². The summed E-state index contributed by atoms with van der Waals surface area (Å²) in [4.78, 5) is 27.9. The van der Waals surface area contributed by atoms with Crippen LogP contribution in [-0.4, -0.2) is 79.3 Å². The molecule has 0 radical (unpaired) electrons. The van der Waals surface area contributed by atoms with Gasteiger partial charge in [0.1, 0.15) is 5.65 Å². The van der Waals surface area contributed by atoms with Gasteiger partial charge in [0.15, 0.2) is 22.7 Å². The zero-order chi connectivity index (χ0) is 34.6. The summed E-state index contributed by atoms with van der Waals surface area (Å²) < 4.78 is 34.5. The van der Waals surface area contributed by atoms with E-state index in [0.717, 1.165) is 60.1 Å². The minimum atomic E-state index is -1.33. The highest BCUT2D eigenvalue weighted by atomic mass is 32.1. The summed E-state index contributed by atoms with van der Waals surface area (Å²) in [5.74, 6) is -0.563. The molecule has 262 valence electrons. The Morgan fingerprint density at radius 2 is 1.82 bits per heavy atom. The van der Waals surface area contributed by atoms with Crippen LogP contribution in [-0.2, 0) is 23.0 Å². The smallest absolute Gasteiger partial charge is 0.337 e. The largest absolute Gasteiger partial charge is 0.490 e. The lowest BCUT2D eigenvalue weighted by atomic mass is 9.86. The molecule has 3 aliphatic rings. The molecule has 6 heterocycles. The predicted octanol–water partition coefficient (Wildman–Crippen LogP) is 7.24. The first-order valence-corrected chi connectivity index (χ1v) is 18.4. The van der Waals surface area contributed by atoms with Crippen LogP contribution in [0.15, 0.2) is 12.1 Å². The Labute approximate surface area is 291 Å². The number of hydrogen-bond acceptors (Lipinski definition) is 9. The van der Waals surface area contributed by atoms with Gasteiger partial charge in [0.25, 0.3) is 0 Å². The average Bonchev–Trinajstić information content (AvgIpc) is 3.70. The van der Waals surface area contributed by atoms with Gasteiger partial charge in [-0.2, -0.15) is 9.36 Å². The van der Waals surface area contributed by atoms with Gasteiger partial charge in [0.05, 0.1) is 17.9 Å². The van der Waals surface area contributed by atoms with Gasteiger partial charge in [-0.1, -0.05) is 6.42 Å². The van der Waals surface area contributed by atoms with Crippen LogP contribution >= 0.6 is 11.5 Å². The first-order valence-electron chi connectivity index (χ1n) is 17.6. The van der Waals surface area contributed by atoms with Gasteiger partial charge in [0, 0.05) is 53.9 Å². The highest BCUT2D eigenvalue weighted by Gasteiger charge is 2.35. The Morgan fingerprint density at radius 1 is 1.08 bits per heavy atom. The Kier molecular flexibility index (Phi) is 9.16. The van der Waals surface area contributed by atoms with E-state index in [1.54, 1.807) is 6.92 Å². The van der Waals surface area contributed by atoms with Crippen molar-refractivity contribution in [2.24, 2.45) is 7.05 Å². The molecule has 1 atom stereocenters. The summed E-state index contributed by atoms with van der Waals surface area (Å²) in [6.07, 6.45) is 6.30. The molecule has 1 N–H and O–H groups in total. The number of pyridine rings is 1. The number of rotatable bonds is 7. The maximum absolute atomic E-state index is 15.8. The number of piperidine rings is 2. The highest BCUT2D eigenvalue weighted by molar-refractivity contribution is 7.09. The van der Waals surface area contributed by atoms with Crippen LogP contribution in [0.3, 0.4) is 0 Å². The van der Waals surface area contributed by atoms with Crippen molar-refractivity contribution in [3.8, 4) is 27.6 Å². The van der Waals surface area contributed by atoms with Crippen LogP contribution in [0.5, 0.6) is 5.75 Å². The molecule has 0 saturated carbocycles. The number of nitrogens with zero attached hydrogens (tertiary/aromatic N) is 6. The van der Waals surface area contributed by atoms with E-state index in [0.29, 0.717) is 52.5 Å². The lowest BCUT2D eigenvalue weighted by Crippen LogP contribution is -2.47. The van der Waals surface area contributed by atoms with Crippen LogP contribution in [0.25, 0.3) is 32.9 Å². The van der Waals surface area contributed by atoms with E-state index < -0.39 is 23.5 Å². The molecule has 0 unspecified atom stereocenters. The van der Waals surface area contributed by atoms with Crippen LogP contribution in [0.4, 0.5) is 10.3 Å². The van der Waals surface area contributed by atoms with Crippen molar-refractivity contribution < 1.29 is 23.8 Å². The summed E-state index contributed by atoms with van der Waals surface area (Å²) >= 11 is 1.35. The summed E-state index contributed by atoms with van der Waals surface area (Å²) in [6.45, 7) is 14.0. The Bertz CT molecular complexity index is 1880. The van der Waals surface area contributed by atoms with E-state index in [-0.39, 0.29) is 5.75 Å². The zero-order valence-corrected chi connectivity index (χ0v) is 30.3. The molecule has 2 fully saturated rings. The molecule has 49 heavy (non-hydrogen) atoms. The van der Waals surface area contributed by atoms with Gasteiger partial charge < -0.3 is 28.9 Å². The number of benzene rings is 1. The van der Waals surface area contributed by atoms with Crippen molar-refractivity contribution in [3.05, 3.63) is 40.3 Å². The number of likely N-dealkylation sites (tertiary alicyclic amines) is 1. The van der Waals surface area contributed by atoms with Gasteiger partial charge in [0.2, 0.25) is 5.95 Å². The van der Waals surface area contributed by atoms with Gasteiger partial charge >= 0.3 is 5.97 Å². The third-order valence-corrected chi connectivity index (χ3v) is 11.1. The number of aryl methyl sites for hydroxylation is 2. The number of carbonyl (C=O) groups is 1. The number of anilines is 1. The minimum absolute atomic E-state index is 0.284. The maximum atomic E-state index is 15.8. The quantitative estimate of drug-likeness (QED) is 0.215. The SMILES string of the molecule is Cc1nc2c(cc(-c3nc(N4CCC(N5CCCCC5)CC4)ns3)n2C)c(-c2cc(F)c3c(c2C)CCCO3)c1[C@H](OC(C)(C)C)C(=O)O. The standard InChI is InChI=1S/C37H47FN6O4S/c1-21-24-11-10-18-47-31(24)27(38)19-25(21)30-26-20-28(42(6)33(26)39-22(2)29(30)32(35(45)46)48-37(3,4)5)34-40-36(41-49-34)44-16-12-23(13-17-44)43-14-8-7-9-15-43/h19-20,23,32H,7-18H2,1-6H3,(H,45,46)/t32-/m0/s1. The molecule has 1 aromatic carbocycles. The molecule has 0 amide bonds. The number of carboxylic acid groups (broad SMARTS) is 1. The number of carboxylic acids is 1. The normalized spacial score (nSPS) is 18.5. The molecule has 3 aromatic heterocycles. The number of hydrogen-bond donors (Lipinski definition) is 1. The third kappa shape index (κ3) is 6.43. The summed E-state index contributed by atoms with van der Waals surface area (Å²) in [5.41, 5.74) is 4.52. The van der Waals surface area contributed by atoms with E-state index in [9.17, 15) is 9.90 Å². The molecule has 10 nitrogen and oxygen atoms in total. The van der Waals surface area contributed by atoms with Crippen molar-refractivity contribution in [3.63, 3.8) is 0 Å². The first-order chi connectivity index (χ1) is 23.4. The van der Waals surface area contributed by atoms with Gasteiger partial charge in [-0.05, 0) is 121 Å². The lowest BCUT2D eigenvalue weighted by Gasteiger charge is -2.39. The monoisotopic (exact) mass is 690 g/mol. The van der Waals surface area contributed by atoms with E-state index in [4.69, 9.17) is 23.8 Å². The molecule has 12 heteroatoms. The first kappa shape index (κ1) is 33.9. The number of ether oxygens (including phenoxy) is 2. The number of aromatic nitrogens is 4. The van der Waals surface area contributed by atoms with Crippen molar-refractivity contribution in [1.82, 2.24) is 23.8 Å². The van der Waals surface area contributed by atoms with Gasteiger partial charge in [-0.25, -0.2) is 14.2 Å². The van der Waals surface area contributed by atoms with Crippen molar-refractivity contribution in [1.29, 1.82) is 0 Å². The van der Waals surface area contributed by atoms with Crippen molar-refractivity contribution in [2.75, 3.05) is 37.7 Å². The fourth-order valence-electron chi connectivity index (χ4n) is 7.94. The summed E-state index contributed by atoms with van der Waals surface area (Å²) in [6, 6.07) is 4.11. The molecular weight excluding hydrogens is 644 g/mol. The van der Waals surface area contributed by atoms with Crippen molar-refractivity contribution in [2.45, 2.75) is 97.3 Å². The van der Waals surface area contributed by atoms with E-state index in [1.807, 2.05) is 45.4 Å². The predicted molar refractivity (Wildman–Crippen MR) is 190 cm³/mol. The van der Waals surface area contributed by atoms with Crippen LogP contribution in [0.1, 0.15) is 87.8 Å². The Morgan fingerprint density at radius 3 is 2.51 bits per heavy atom. The molecule has 0 spiro atoms. The van der Waals surface area contributed by atoms with E-state index in [2.05, 4.69) is 9.80 Å². The second-order valence-electron chi connectivity index (χ2n) is 14.8. The topological polar surface area (TPSA) is 106 Å². The molecule has 0 aliphatic carbocycles. The molecular formula is C37H47FN6O4S. The third-order valence-electron chi connectivity index (χ3n) is 10.4.